The largest absolute Gasteiger partial charge is 0.478 e. The van der Waals surface area contributed by atoms with Crippen molar-refractivity contribution in [1.82, 2.24) is 15.1 Å². The third-order valence-electron chi connectivity index (χ3n) is 3.41. The van der Waals surface area contributed by atoms with Crippen molar-refractivity contribution >= 4 is 5.97 Å². The Morgan fingerprint density at radius 1 is 1.55 bits per heavy atom. The van der Waals surface area contributed by atoms with Gasteiger partial charge in [-0.1, -0.05) is 0 Å². The van der Waals surface area contributed by atoms with E-state index >= 15 is 0 Å². The zero-order valence-electron chi connectivity index (χ0n) is 12.1. The van der Waals surface area contributed by atoms with E-state index in [0.717, 1.165) is 17.1 Å². The summed E-state index contributed by atoms with van der Waals surface area (Å²) in [5.74, 6) is 0.793. The van der Waals surface area contributed by atoms with Crippen LogP contribution in [0.1, 0.15) is 46.1 Å². The zero-order valence-corrected chi connectivity index (χ0v) is 12.1. The van der Waals surface area contributed by atoms with E-state index in [1.807, 2.05) is 26.8 Å². The van der Waals surface area contributed by atoms with Crippen LogP contribution in [0, 0.1) is 13.8 Å². The molecule has 108 valence electrons. The third-order valence-corrected chi connectivity index (χ3v) is 3.41. The van der Waals surface area contributed by atoms with E-state index in [1.54, 1.807) is 11.7 Å². The van der Waals surface area contributed by atoms with Gasteiger partial charge in [-0.25, -0.2) is 4.79 Å². The highest BCUT2D eigenvalue weighted by Crippen LogP contribution is 2.21. The van der Waals surface area contributed by atoms with Gasteiger partial charge in [0, 0.05) is 25.2 Å². The van der Waals surface area contributed by atoms with Crippen molar-refractivity contribution in [2.24, 2.45) is 7.05 Å². The molecule has 2 aromatic heterocycles. The summed E-state index contributed by atoms with van der Waals surface area (Å²) in [6.45, 7) is 6.29. The molecule has 0 saturated heterocycles. The number of carboxylic acid groups (broad SMARTS) is 1. The van der Waals surface area contributed by atoms with Crippen molar-refractivity contribution < 1.29 is 14.3 Å². The van der Waals surface area contributed by atoms with Gasteiger partial charge in [0.1, 0.15) is 17.1 Å². The van der Waals surface area contributed by atoms with Gasteiger partial charge in [-0.2, -0.15) is 5.10 Å². The minimum absolute atomic E-state index is 0.0731. The Balaban J connectivity index is 2.11. The zero-order chi connectivity index (χ0) is 14.9. The van der Waals surface area contributed by atoms with E-state index in [2.05, 4.69) is 10.4 Å². The molecule has 1 atom stereocenters. The van der Waals surface area contributed by atoms with Gasteiger partial charge >= 0.3 is 5.97 Å². The third kappa shape index (κ3) is 2.75. The van der Waals surface area contributed by atoms with Gasteiger partial charge in [-0.05, 0) is 26.8 Å². The van der Waals surface area contributed by atoms with Crippen LogP contribution in [0.25, 0.3) is 0 Å². The van der Waals surface area contributed by atoms with E-state index in [4.69, 9.17) is 9.52 Å². The van der Waals surface area contributed by atoms with E-state index < -0.39 is 5.97 Å². The van der Waals surface area contributed by atoms with Gasteiger partial charge in [-0.3, -0.25) is 4.68 Å². The maximum Gasteiger partial charge on any atom is 0.339 e. The number of nitrogens with zero attached hydrogens (tertiary/aromatic N) is 2. The van der Waals surface area contributed by atoms with E-state index in [-0.39, 0.29) is 11.6 Å². The van der Waals surface area contributed by atoms with Crippen molar-refractivity contribution in [3.05, 3.63) is 40.6 Å². The molecule has 2 heterocycles. The SMILES string of the molecule is Cc1cc(C(C)NCc2c(C(=O)O)cnn2C)c(C)o1. The minimum atomic E-state index is -0.960. The molecule has 6 heteroatoms. The smallest absolute Gasteiger partial charge is 0.339 e. The van der Waals surface area contributed by atoms with Gasteiger partial charge < -0.3 is 14.8 Å². The topological polar surface area (TPSA) is 80.3 Å². The monoisotopic (exact) mass is 277 g/mol. The Hall–Kier alpha value is -2.08. The molecule has 6 nitrogen and oxygen atoms in total. The summed E-state index contributed by atoms with van der Waals surface area (Å²) in [6, 6.07) is 2.07. The first kappa shape index (κ1) is 14.3. The Bertz CT molecular complexity index is 628. The lowest BCUT2D eigenvalue weighted by molar-refractivity contribution is 0.0695. The summed E-state index contributed by atoms with van der Waals surface area (Å²) in [7, 11) is 1.74. The number of hydrogen-bond acceptors (Lipinski definition) is 4. The Labute approximate surface area is 117 Å². The molecule has 0 amide bonds. The van der Waals surface area contributed by atoms with Crippen molar-refractivity contribution in [1.29, 1.82) is 0 Å². The molecule has 2 aromatic rings. The minimum Gasteiger partial charge on any atom is -0.478 e. The first-order valence-corrected chi connectivity index (χ1v) is 6.44. The average Bonchev–Trinajstić information content (AvgIpc) is 2.89. The molecule has 0 aliphatic carbocycles. The van der Waals surface area contributed by atoms with Crippen LogP contribution in [0.15, 0.2) is 16.7 Å². The number of nitrogens with one attached hydrogen (secondary N) is 1. The highest BCUT2D eigenvalue weighted by Gasteiger charge is 2.17. The maximum absolute atomic E-state index is 11.1. The normalized spacial score (nSPS) is 12.6. The first-order chi connectivity index (χ1) is 9.40. The number of carbonyl (C=O) groups is 1. The van der Waals surface area contributed by atoms with Gasteiger partial charge in [-0.15, -0.1) is 0 Å². The number of rotatable bonds is 5. The molecule has 0 fully saturated rings. The van der Waals surface area contributed by atoms with Crippen LogP contribution in [-0.4, -0.2) is 20.9 Å². The lowest BCUT2D eigenvalue weighted by Crippen LogP contribution is -2.21. The summed E-state index contributed by atoms with van der Waals surface area (Å²) in [4.78, 5) is 11.1. The molecule has 0 spiro atoms. The van der Waals surface area contributed by atoms with Crippen LogP contribution in [0.2, 0.25) is 0 Å². The summed E-state index contributed by atoms with van der Waals surface area (Å²) in [6.07, 6.45) is 1.37. The Morgan fingerprint density at radius 3 is 2.80 bits per heavy atom. The lowest BCUT2D eigenvalue weighted by atomic mass is 10.1. The standard InChI is InChI=1S/C14H19N3O3/c1-8-5-11(10(3)20-8)9(2)15-7-13-12(14(18)19)6-16-17(13)4/h5-6,9,15H,7H2,1-4H3,(H,18,19). The number of aromatic nitrogens is 2. The van der Waals surface area contributed by atoms with E-state index in [1.165, 1.54) is 6.20 Å². The quantitative estimate of drug-likeness (QED) is 0.875. The maximum atomic E-state index is 11.1. The van der Waals surface area contributed by atoms with Gasteiger partial charge in [0.25, 0.3) is 0 Å². The molecule has 20 heavy (non-hydrogen) atoms. The van der Waals surface area contributed by atoms with Crippen molar-refractivity contribution in [2.75, 3.05) is 0 Å². The molecule has 0 aliphatic rings. The molecular weight excluding hydrogens is 258 g/mol. The van der Waals surface area contributed by atoms with Gasteiger partial charge in [0.2, 0.25) is 0 Å². The van der Waals surface area contributed by atoms with Gasteiger partial charge in [0.05, 0.1) is 11.9 Å². The van der Waals surface area contributed by atoms with Crippen LogP contribution >= 0.6 is 0 Å². The second-order valence-electron chi connectivity index (χ2n) is 4.90. The first-order valence-electron chi connectivity index (χ1n) is 6.44. The number of aryl methyl sites for hydroxylation is 3. The fourth-order valence-electron chi connectivity index (χ4n) is 2.29. The summed E-state index contributed by atoms with van der Waals surface area (Å²) < 4.78 is 7.09. The van der Waals surface area contributed by atoms with Gasteiger partial charge in [0.15, 0.2) is 0 Å². The number of aromatic carboxylic acids is 1. The molecule has 0 aliphatic heterocycles. The van der Waals surface area contributed by atoms with Crippen molar-refractivity contribution in [2.45, 2.75) is 33.4 Å². The van der Waals surface area contributed by atoms with E-state index in [9.17, 15) is 4.79 Å². The second-order valence-corrected chi connectivity index (χ2v) is 4.90. The highest BCUT2D eigenvalue weighted by atomic mass is 16.4. The average molecular weight is 277 g/mol. The Kier molecular flexibility index (Phi) is 3.94. The van der Waals surface area contributed by atoms with Crippen LogP contribution in [0.5, 0.6) is 0 Å². The second kappa shape index (κ2) is 5.50. The van der Waals surface area contributed by atoms with Crippen LogP contribution in [0.4, 0.5) is 0 Å². The molecule has 0 radical (unpaired) electrons. The molecule has 1 unspecified atom stereocenters. The van der Waals surface area contributed by atoms with Crippen LogP contribution < -0.4 is 5.32 Å². The Morgan fingerprint density at radius 2 is 2.25 bits per heavy atom. The fourth-order valence-corrected chi connectivity index (χ4v) is 2.29. The summed E-state index contributed by atoms with van der Waals surface area (Å²) >= 11 is 0. The van der Waals surface area contributed by atoms with Crippen molar-refractivity contribution in [3.63, 3.8) is 0 Å². The van der Waals surface area contributed by atoms with Crippen LogP contribution in [-0.2, 0) is 13.6 Å². The summed E-state index contributed by atoms with van der Waals surface area (Å²) in [5, 5.41) is 16.4. The predicted molar refractivity (Wildman–Crippen MR) is 73.6 cm³/mol. The van der Waals surface area contributed by atoms with E-state index in [0.29, 0.717) is 12.2 Å². The molecular formula is C14H19N3O3. The molecule has 2 N–H and O–H groups in total. The predicted octanol–water partition coefficient (Wildman–Crippen LogP) is 2.18. The molecule has 0 saturated carbocycles. The number of hydrogen-bond donors (Lipinski definition) is 2. The fraction of sp³-hybridized carbons (Fsp3) is 0.429. The number of carboxylic acids is 1. The van der Waals surface area contributed by atoms with Crippen LogP contribution in [0.3, 0.4) is 0 Å². The summed E-state index contributed by atoms with van der Waals surface area (Å²) in [5.41, 5.74) is 1.97. The number of furan rings is 1. The molecule has 0 aromatic carbocycles. The lowest BCUT2D eigenvalue weighted by Gasteiger charge is -2.13. The highest BCUT2D eigenvalue weighted by molar-refractivity contribution is 5.88. The molecule has 0 bridgehead atoms. The molecule has 2 rings (SSSR count). The van der Waals surface area contributed by atoms with Crippen molar-refractivity contribution in [3.8, 4) is 0 Å².